The molecule has 0 aromatic heterocycles. The first-order chi connectivity index (χ1) is 42.8. The Kier molecular flexibility index (Phi) is 35.0. The molecule has 2 aromatic carbocycles. The van der Waals surface area contributed by atoms with Crippen LogP contribution in [0.15, 0.2) is 54.6 Å². The summed E-state index contributed by atoms with van der Waals surface area (Å²) in [6.07, 6.45) is -0.773. The predicted octanol–water partition coefficient (Wildman–Crippen LogP) is -4.00. The zero-order valence-electron chi connectivity index (χ0n) is 49.5. The topological polar surface area (TPSA) is 488 Å². The van der Waals surface area contributed by atoms with Gasteiger partial charge in [-0.25, -0.2) is 19.2 Å². The Morgan fingerprint density at radius 2 is 0.911 bits per heavy atom. The Hall–Kier alpha value is -9.09. The third kappa shape index (κ3) is 33.9. The molecule has 0 aliphatic carbocycles. The van der Waals surface area contributed by atoms with Crippen LogP contribution in [-0.2, 0) is 79.8 Å². The van der Waals surface area contributed by atoms with Crippen molar-refractivity contribution in [3.05, 3.63) is 65.7 Å². The van der Waals surface area contributed by atoms with Crippen LogP contribution in [0, 0.1) is 0 Å². The molecule has 0 saturated carbocycles. The highest BCUT2D eigenvalue weighted by Crippen LogP contribution is 2.15. The average molecular weight is 1280 g/mol. The van der Waals surface area contributed by atoms with E-state index in [1.165, 1.54) is 24.3 Å². The van der Waals surface area contributed by atoms with Crippen molar-refractivity contribution < 1.29 is 112 Å². The lowest BCUT2D eigenvalue weighted by Crippen LogP contribution is -2.51. The molecule has 3 rings (SSSR count). The summed E-state index contributed by atoms with van der Waals surface area (Å²) in [4.78, 5) is 164. The molecule has 1 aliphatic heterocycles. The molecule has 0 spiro atoms. The Morgan fingerprint density at radius 1 is 0.422 bits per heavy atom. The number of carboxylic acids is 7. The van der Waals surface area contributed by atoms with Crippen molar-refractivity contribution in [1.82, 2.24) is 56.8 Å². The zero-order chi connectivity index (χ0) is 66.4. The number of benzene rings is 2. The smallest absolute Gasteiger partial charge is 0.326 e. The van der Waals surface area contributed by atoms with Crippen LogP contribution < -0.4 is 42.0 Å². The largest absolute Gasteiger partial charge is 0.484 e. The summed E-state index contributed by atoms with van der Waals surface area (Å²) in [5.74, 6) is -11.7. The number of amides is 7. The summed E-state index contributed by atoms with van der Waals surface area (Å²) in [6, 6.07) is 8.08. The minimum Gasteiger partial charge on any atom is -0.484 e. The monoisotopic (exact) mass is 1280 g/mol. The van der Waals surface area contributed by atoms with Gasteiger partial charge in [-0.1, -0.05) is 42.5 Å². The van der Waals surface area contributed by atoms with E-state index in [9.17, 15) is 93.0 Å². The van der Waals surface area contributed by atoms with Crippen molar-refractivity contribution in [2.75, 3.05) is 131 Å². The fourth-order valence-corrected chi connectivity index (χ4v) is 8.72. The van der Waals surface area contributed by atoms with Crippen molar-refractivity contribution in [3.63, 3.8) is 0 Å². The number of ether oxygens (including phenoxy) is 3. The van der Waals surface area contributed by atoms with E-state index < -0.39 is 128 Å². The number of urea groups is 1. The molecule has 7 amide bonds. The molecule has 0 radical (unpaired) electrons. The number of carboxylic acid groups (broad SMARTS) is 7. The lowest BCUT2D eigenvalue weighted by molar-refractivity contribution is -0.142. The number of hydrogen-bond donors (Lipinski definition) is 14. The predicted molar refractivity (Wildman–Crippen MR) is 312 cm³/mol. The van der Waals surface area contributed by atoms with E-state index in [0.29, 0.717) is 11.1 Å². The van der Waals surface area contributed by atoms with Crippen molar-refractivity contribution >= 4 is 77.4 Å². The van der Waals surface area contributed by atoms with Gasteiger partial charge in [0, 0.05) is 84.7 Å². The number of carbonyl (C=O) groups is 13. The van der Waals surface area contributed by atoms with Gasteiger partial charge in [0.1, 0.15) is 36.5 Å². The van der Waals surface area contributed by atoms with E-state index in [0.717, 1.165) is 0 Å². The lowest BCUT2D eigenvalue weighted by Gasteiger charge is -2.32. The van der Waals surface area contributed by atoms with Crippen LogP contribution in [-0.4, -0.2) is 288 Å². The second-order valence-electron chi connectivity index (χ2n) is 20.6. The van der Waals surface area contributed by atoms with Gasteiger partial charge in [-0.15, -0.1) is 0 Å². The summed E-state index contributed by atoms with van der Waals surface area (Å²) in [6.45, 7) is -0.422. The van der Waals surface area contributed by atoms with Gasteiger partial charge in [0.15, 0.2) is 6.61 Å². The Bertz CT molecular complexity index is 2660. The molecule has 1 fully saturated rings. The van der Waals surface area contributed by atoms with Gasteiger partial charge < -0.3 is 87.2 Å². The van der Waals surface area contributed by atoms with Crippen molar-refractivity contribution in [2.24, 2.45) is 0 Å². The molecule has 4 atom stereocenters. The van der Waals surface area contributed by atoms with Gasteiger partial charge in [0.25, 0.3) is 5.91 Å². The van der Waals surface area contributed by atoms with Gasteiger partial charge in [-0.2, -0.15) is 0 Å². The normalized spacial score (nSPS) is 14.9. The van der Waals surface area contributed by atoms with Crippen LogP contribution in [0.3, 0.4) is 0 Å². The fraction of sp³-hybridized carbons (Fsp3) is 0.554. The van der Waals surface area contributed by atoms with Crippen LogP contribution >= 0.6 is 0 Å². The third-order valence-corrected chi connectivity index (χ3v) is 13.4. The highest BCUT2D eigenvalue weighted by Gasteiger charge is 2.27. The van der Waals surface area contributed by atoms with Crippen LogP contribution in [0.4, 0.5) is 4.79 Å². The molecule has 1 saturated heterocycles. The average Bonchev–Trinajstić information content (AvgIpc) is 3.64. The van der Waals surface area contributed by atoms with Crippen molar-refractivity contribution in [2.45, 2.75) is 69.1 Å². The van der Waals surface area contributed by atoms with Crippen LogP contribution in [0.2, 0.25) is 0 Å². The molecular weight excluding hydrogens is 1190 g/mol. The van der Waals surface area contributed by atoms with Gasteiger partial charge >= 0.3 is 47.8 Å². The van der Waals surface area contributed by atoms with Crippen LogP contribution in [0.25, 0.3) is 0 Å². The molecular formula is C56H81N11O23. The number of nitrogens with zero attached hydrogens (tertiary/aromatic N) is 4. The van der Waals surface area contributed by atoms with Crippen molar-refractivity contribution in [1.29, 1.82) is 0 Å². The van der Waals surface area contributed by atoms with Gasteiger partial charge in [-0.05, 0) is 48.9 Å². The number of rotatable bonds is 41. The Balaban J connectivity index is 1.36. The molecule has 0 bridgehead atoms. The van der Waals surface area contributed by atoms with E-state index in [4.69, 9.17) is 19.3 Å². The van der Waals surface area contributed by atoms with E-state index in [1.807, 2.05) is 5.32 Å². The number of hydrogen-bond acceptors (Lipinski definition) is 20. The Labute approximate surface area is 516 Å². The number of unbranched alkanes of at least 4 members (excludes halogenated alkanes) is 1. The van der Waals surface area contributed by atoms with E-state index in [1.54, 1.807) is 49.9 Å². The molecule has 2 aromatic rings. The zero-order valence-corrected chi connectivity index (χ0v) is 49.5. The summed E-state index contributed by atoms with van der Waals surface area (Å²) in [7, 11) is 0. The number of aliphatic carboxylic acids is 7. The van der Waals surface area contributed by atoms with Gasteiger partial charge in [-0.3, -0.25) is 62.8 Å². The first-order valence-electron chi connectivity index (χ1n) is 28.7. The first kappa shape index (κ1) is 75.2. The van der Waals surface area contributed by atoms with E-state index in [-0.39, 0.29) is 155 Å². The fourth-order valence-electron chi connectivity index (χ4n) is 8.72. The molecule has 0 unspecified atom stereocenters. The van der Waals surface area contributed by atoms with Gasteiger partial charge in [0.2, 0.25) is 23.6 Å². The molecule has 1 heterocycles. The number of carbonyl (C=O) groups excluding carboxylic acids is 6. The third-order valence-electron chi connectivity index (χ3n) is 13.4. The maximum Gasteiger partial charge on any atom is 0.326 e. The summed E-state index contributed by atoms with van der Waals surface area (Å²) in [5, 5.41) is 82.7. The quantitative estimate of drug-likeness (QED) is 0.0282. The second-order valence-corrected chi connectivity index (χ2v) is 20.6. The van der Waals surface area contributed by atoms with Crippen LogP contribution in [0.5, 0.6) is 5.75 Å². The van der Waals surface area contributed by atoms with E-state index >= 15 is 0 Å². The van der Waals surface area contributed by atoms with Crippen molar-refractivity contribution in [3.8, 4) is 5.75 Å². The minimum absolute atomic E-state index is 0.0283. The maximum atomic E-state index is 13.3. The van der Waals surface area contributed by atoms with Crippen LogP contribution in [0.1, 0.15) is 43.2 Å². The van der Waals surface area contributed by atoms with Gasteiger partial charge in [0.05, 0.1) is 52.5 Å². The highest BCUT2D eigenvalue weighted by atomic mass is 16.5. The molecule has 34 nitrogen and oxygen atoms in total. The molecule has 1 aliphatic rings. The molecule has 498 valence electrons. The van der Waals surface area contributed by atoms with E-state index in [2.05, 4.69) is 31.9 Å². The molecule has 34 heteroatoms. The number of nitrogens with one attached hydrogen (secondary N) is 7. The Morgan fingerprint density at radius 3 is 1.43 bits per heavy atom. The highest BCUT2D eigenvalue weighted by molar-refractivity contribution is 5.90. The standard InChI is InChI=1S/C56H81N11O23/c68-44(30-59-46(70)35-89-27-26-88-25-16-57-45(69)31-64-17-19-65(32-49(74)75)21-23-67(34-51(78)79)24-22-66(20-18-64)33-50(76)77)61-43(55(85)86)29-38-9-11-39(12-10-38)90-36-47(71)60-42(28-37-6-2-1-3-7-37)52(80)58-15-5-4-8-40(53(81)82)62-56(87)63-41(54(83)84)13-14-48(72)73/h1-3,6-7,9-12,40-43H,4-5,8,13-36H2,(H,57,69)(H,58,80)(H,59,70)(H,60,71)(H,61,68)(H,72,73)(H,74,75)(H,76,77)(H,78,79)(H,81,82)(H,83,84)(H,85,86)(H2,62,63,87)/t40-,41-,42-,43-/m0/s1. The minimum atomic E-state index is -1.57. The summed E-state index contributed by atoms with van der Waals surface area (Å²) >= 11 is 0. The lowest BCUT2D eigenvalue weighted by atomic mass is 10.0. The summed E-state index contributed by atoms with van der Waals surface area (Å²) in [5.41, 5.74) is 1.17. The second kappa shape index (κ2) is 41.9. The summed E-state index contributed by atoms with van der Waals surface area (Å²) < 4.78 is 16.4. The first-order valence-corrected chi connectivity index (χ1v) is 28.7. The molecule has 14 N–H and O–H groups in total. The molecule has 90 heavy (non-hydrogen) atoms. The SMILES string of the molecule is O=C(O)CC[C@H](NC(=O)N[C@@H](CCCCNC(=O)[C@H](Cc1ccccc1)NC(=O)COc1ccc(C[C@H](NC(=O)CNC(=O)COCCOCCNC(=O)CN2CCN(CC(=O)O)CCN(CC(=O)O)CCN(CC(=O)O)CC2)C(=O)O)cc1)C(=O)O)C(=O)O. The maximum absolute atomic E-state index is 13.3.